The Morgan fingerprint density at radius 1 is 0.903 bits per heavy atom. The number of benzene rings is 2. The number of pyridine rings is 1. The molecule has 0 radical (unpaired) electrons. The molecule has 31 heavy (non-hydrogen) atoms. The van der Waals surface area contributed by atoms with E-state index in [-0.39, 0.29) is 17.8 Å². The van der Waals surface area contributed by atoms with E-state index in [9.17, 15) is 5.11 Å². The first-order chi connectivity index (χ1) is 15.1. The van der Waals surface area contributed by atoms with Gasteiger partial charge in [0.1, 0.15) is 11.8 Å². The van der Waals surface area contributed by atoms with Crippen LogP contribution in [-0.4, -0.2) is 19.8 Å². The van der Waals surface area contributed by atoms with E-state index >= 15 is 0 Å². The van der Waals surface area contributed by atoms with Crippen molar-refractivity contribution in [2.45, 2.75) is 12.1 Å². The van der Waals surface area contributed by atoms with E-state index in [1.165, 1.54) is 0 Å². The average Bonchev–Trinajstić information content (AvgIpc) is 3.40. The third kappa shape index (κ3) is 3.71. The van der Waals surface area contributed by atoms with Gasteiger partial charge >= 0.3 is 0 Å². The van der Waals surface area contributed by atoms with Crippen molar-refractivity contribution in [2.24, 2.45) is 0 Å². The van der Waals surface area contributed by atoms with Crippen LogP contribution in [0.4, 0.5) is 5.69 Å². The molecule has 2 aromatic heterocycles. The van der Waals surface area contributed by atoms with Crippen LogP contribution in [0.25, 0.3) is 5.69 Å². The van der Waals surface area contributed by atoms with E-state index in [4.69, 9.17) is 12.2 Å². The van der Waals surface area contributed by atoms with Crippen molar-refractivity contribution in [3.8, 4) is 11.4 Å². The van der Waals surface area contributed by atoms with E-state index in [2.05, 4.69) is 60.1 Å². The standard InChI is InChI=1S/C24H19BrN4OS/c25-16-6-8-17(9-7-16)28-15-3-5-21(28)23-22(20-4-1-2-14-26-20)27-24(31)29(23)18-10-12-19(30)13-11-18/h1-15,22-23,30H,(H,27,31)/t22-,23-/m0/s1. The molecular weight excluding hydrogens is 472 g/mol. The molecule has 2 atom stereocenters. The largest absolute Gasteiger partial charge is 0.508 e. The fraction of sp³-hybridized carbons (Fsp3) is 0.0833. The number of aromatic nitrogens is 2. The average molecular weight is 491 g/mol. The lowest BCUT2D eigenvalue weighted by Crippen LogP contribution is -2.30. The molecule has 0 unspecified atom stereocenters. The van der Waals surface area contributed by atoms with Gasteiger partial charge in [0.05, 0.1) is 11.7 Å². The lowest BCUT2D eigenvalue weighted by molar-refractivity contribution is 0.475. The Kier molecular flexibility index (Phi) is 5.21. The first-order valence-corrected chi connectivity index (χ1v) is 11.0. The number of thiocarbonyl (C=S) groups is 1. The Hall–Kier alpha value is -3.16. The van der Waals surface area contributed by atoms with Gasteiger partial charge in [-0.2, -0.15) is 0 Å². The van der Waals surface area contributed by atoms with Crippen LogP contribution in [0.3, 0.4) is 0 Å². The number of rotatable bonds is 4. The molecule has 7 heteroatoms. The van der Waals surface area contributed by atoms with E-state index in [0.717, 1.165) is 27.2 Å². The van der Waals surface area contributed by atoms with Gasteiger partial charge in [-0.05, 0) is 85.0 Å². The zero-order valence-electron chi connectivity index (χ0n) is 16.4. The molecule has 3 heterocycles. The second-order valence-electron chi connectivity index (χ2n) is 7.29. The van der Waals surface area contributed by atoms with Crippen LogP contribution >= 0.6 is 28.1 Å². The Balaban J connectivity index is 1.66. The summed E-state index contributed by atoms with van der Waals surface area (Å²) in [6.45, 7) is 0. The molecule has 0 amide bonds. The molecule has 5 nitrogen and oxygen atoms in total. The molecule has 0 spiro atoms. The van der Waals surface area contributed by atoms with Gasteiger partial charge < -0.3 is 19.9 Å². The number of phenols is 1. The summed E-state index contributed by atoms with van der Waals surface area (Å²) in [5.74, 6) is 0.220. The van der Waals surface area contributed by atoms with Gasteiger partial charge in [0.15, 0.2) is 5.11 Å². The van der Waals surface area contributed by atoms with E-state index in [1.54, 1.807) is 18.3 Å². The predicted octanol–water partition coefficient (Wildman–Crippen LogP) is 5.52. The molecule has 2 N–H and O–H groups in total. The van der Waals surface area contributed by atoms with Crippen molar-refractivity contribution in [1.82, 2.24) is 14.9 Å². The van der Waals surface area contributed by atoms with Crippen molar-refractivity contribution < 1.29 is 5.11 Å². The lowest BCUT2D eigenvalue weighted by atomic mass is 10.0. The fourth-order valence-electron chi connectivity index (χ4n) is 4.02. The van der Waals surface area contributed by atoms with Crippen LogP contribution in [0.5, 0.6) is 5.75 Å². The van der Waals surface area contributed by atoms with Crippen LogP contribution in [0.15, 0.2) is 95.7 Å². The molecular formula is C24H19BrN4OS. The van der Waals surface area contributed by atoms with Crippen molar-refractivity contribution in [3.05, 3.63) is 107 Å². The van der Waals surface area contributed by atoms with Crippen LogP contribution in [-0.2, 0) is 0 Å². The highest BCUT2D eigenvalue weighted by Gasteiger charge is 2.42. The summed E-state index contributed by atoms with van der Waals surface area (Å²) >= 11 is 9.28. The summed E-state index contributed by atoms with van der Waals surface area (Å²) in [6, 6.07) is 25.1. The quantitative estimate of drug-likeness (QED) is 0.369. The highest BCUT2D eigenvalue weighted by molar-refractivity contribution is 9.10. The number of phenolic OH excluding ortho intramolecular Hbond substituents is 1. The van der Waals surface area contributed by atoms with Gasteiger partial charge in [0.2, 0.25) is 0 Å². The third-order valence-electron chi connectivity index (χ3n) is 5.41. The summed E-state index contributed by atoms with van der Waals surface area (Å²) in [6.07, 6.45) is 3.86. The number of nitrogens with one attached hydrogen (secondary N) is 1. The zero-order chi connectivity index (χ0) is 21.4. The third-order valence-corrected chi connectivity index (χ3v) is 6.26. The summed E-state index contributed by atoms with van der Waals surface area (Å²) in [5, 5.41) is 13.9. The van der Waals surface area contributed by atoms with E-state index < -0.39 is 0 Å². The van der Waals surface area contributed by atoms with Gasteiger partial charge in [0.25, 0.3) is 0 Å². The van der Waals surface area contributed by atoms with Gasteiger partial charge in [0, 0.05) is 33.9 Å². The minimum atomic E-state index is -0.134. The molecule has 0 saturated carbocycles. The SMILES string of the molecule is Oc1ccc(N2C(=S)N[C@@H](c3ccccn3)[C@@H]2c2cccn2-c2ccc(Br)cc2)cc1. The minimum Gasteiger partial charge on any atom is -0.508 e. The number of halogens is 1. The fourth-order valence-corrected chi connectivity index (χ4v) is 4.63. The predicted molar refractivity (Wildman–Crippen MR) is 130 cm³/mol. The Morgan fingerprint density at radius 2 is 1.65 bits per heavy atom. The zero-order valence-corrected chi connectivity index (χ0v) is 18.8. The second-order valence-corrected chi connectivity index (χ2v) is 8.59. The van der Waals surface area contributed by atoms with Crippen LogP contribution in [0.1, 0.15) is 23.5 Å². The van der Waals surface area contributed by atoms with Crippen molar-refractivity contribution in [1.29, 1.82) is 0 Å². The Bertz CT molecular complexity index is 1210. The van der Waals surface area contributed by atoms with E-state index in [0.29, 0.717) is 5.11 Å². The molecule has 1 aliphatic rings. The highest BCUT2D eigenvalue weighted by atomic mass is 79.9. The van der Waals surface area contributed by atoms with Gasteiger partial charge in [-0.1, -0.05) is 22.0 Å². The number of nitrogens with zero attached hydrogens (tertiary/aromatic N) is 3. The second kappa shape index (κ2) is 8.17. The van der Waals surface area contributed by atoms with Gasteiger partial charge in [-0.25, -0.2) is 0 Å². The highest BCUT2D eigenvalue weighted by Crippen LogP contribution is 2.42. The summed E-state index contributed by atoms with van der Waals surface area (Å²) in [5.41, 5.74) is 3.96. The summed E-state index contributed by atoms with van der Waals surface area (Å²) in [4.78, 5) is 6.70. The molecule has 154 valence electrons. The van der Waals surface area contributed by atoms with E-state index in [1.807, 2.05) is 48.5 Å². The molecule has 1 fully saturated rings. The molecule has 1 aliphatic heterocycles. The van der Waals surface area contributed by atoms with Crippen molar-refractivity contribution in [2.75, 3.05) is 4.90 Å². The number of hydrogen-bond acceptors (Lipinski definition) is 3. The van der Waals surface area contributed by atoms with Crippen LogP contribution in [0.2, 0.25) is 0 Å². The minimum absolute atomic E-state index is 0.133. The van der Waals surface area contributed by atoms with Gasteiger partial charge in [-0.3, -0.25) is 4.98 Å². The first-order valence-electron chi connectivity index (χ1n) is 9.85. The molecule has 0 bridgehead atoms. The molecule has 0 aliphatic carbocycles. The van der Waals surface area contributed by atoms with Crippen LogP contribution < -0.4 is 10.2 Å². The van der Waals surface area contributed by atoms with Crippen molar-refractivity contribution in [3.63, 3.8) is 0 Å². The normalized spacial score (nSPS) is 18.2. The maximum atomic E-state index is 9.78. The first kappa shape index (κ1) is 19.8. The molecule has 5 rings (SSSR count). The van der Waals surface area contributed by atoms with Crippen molar-refractivity contribution >= 4 is 38.9 Å². The number of hydrogen-bond donors (Lipinski definition) is 2. The summed E-state index contributed by atoms with van der Waals surface area (Å²) < 4.78 is 3.21. The topological polar surface area (TPSA) is 53.3 Å². The molecule has 4 aromatic rings. The number of aromatic hydroxyl groups is 1. The Labute approximate surface area is 194 Å². The smallest absolute Gasteiger partial charge is 0.174 e. The monoisotopic (exact) mass is 490 g/mol. The molecule has 1 saturated heterocycles. The Morgan fingerprint density at radius 3 is 2.35 bits per heavy atom. The lowest BCUT2D eigenvalue weighted by Gasteiger charge is -2.29. The maximum Gasteiger partial charge on any atom is 0.174 e. The maximum absolute atomic E-state index is 9.78. The number of anilines is 1. The summed E-state index contributed by atoms with van der Waals surface area (Å²) in [7, 11) is 0. The van der Waals surface area contributed by atoms with Gasteiger partial charge in [-0.15, -0.1) is 0 Å². The molecule has 2 aromatic carbocycles. The van der Waals surface area contributed by atoms with Crippen LogP contribution in [0, 0.1) is 0 Å².